The minimum absolute atomic E-state index is 0.0388. The summed E-state index contributed by atoms with van der Waals surface area (Å²) in [5, 5.41) is 3.71. The molecule has 6 heteroatoms. The molecule has 2 amide bonds. The first-order chi connectivity index (χ1) is 12.2. The first kappa shape index (κ1) is 16.1. The molecule has 0 atom stereocenters. The molecule has 1 aliphatic heterocycles. The highest BCUT2D eigenvalue weighted by molar-refractivity contribution is 7.99. The number of carbonyl (C=O) groups is 2. The summed E-state index contributed by atoms with van der Waals surface area (Å²) in [6.45, 7) is 2.54. The van der Waals surface area contributed by atoms with Crippen LogP contribution >= 0.6 is 11.8 Å². The molecule has 0 saturated heterocycles. The van der Waals surface area contributed by atoms with Crippen LogP contribution in [0.15, 0.2) is 46.5 Å². The maximum atomic E-state index is 12.8. The average molecular weight is 353 g/mol. The first-order valence-corrected chi connectivity index (χ1v) is 9.38. The molecular formula is C19H19N3O2S. The summed E-state index contributed by atoms with van der Waals surface area (Å²) >= 11 is 1.47. The molecule has 0 radical (unpaired) electrons. The first-order valence-electron chi connectivity index (χ1n) is 8.57. The zero-order valence-corrected chi connectivity index (χ0v) is 14.8. The highest BCUT2D eigenvalue weighted by atomic mass is 32.2. The number of amides is 2. The summed E-state index contributed by atoms with van der Waals surface area (Å²) in [5.74, 6) is 0.192. The minimum atomic E-state index is -0.0388. The highest BCUT2D eigenvalue weighted by Gasteiger charge is 2.28. The lowest BCUT2D eigenvalue weighted by Crippen LogP contribution is -2.30. The SMILES string of the molecule is CCN1C(=O)c2cccnc2Sc2cc(NC(=O)C3CCC3)ccc21. The van der Waals surface area contributed by atoms with Crippen molar-refractivity contribution in [3.05, 3.63) is 42.1 Å². The number of hydrogen-bond donors (Lipinski definition) is 1. The van der Waals surface area contributed by atoms with Gasteiger partial charge in [0, 0.05) is 29.2 Å². The normalized spacial score (nSPS) is 16.5. The lowest BCUT2D eigenvalue weighted by molar-refractivity contribution is -0.122. The van der Waals surface area contributed by atoms with Gasteiger partial charge < -0.3 is 10.2 Å². The summed E-state index contributed by atoms with van der Waals surface area (Å²) in [6.07, 6.45) is 4.78. The molecule has 25 heavy (non-hydrogen) atoms. The van der Waals surface area contributed by atoms with Gasteiger partial charge in [-0.15, -0.1) is 0 Å². The number of anilines is 2. The zero-order chi connectivity index (χ0) is 17.4. The van der Waals surface area contributed by atoms with E-state index in [2.05, 4.69) is 10.3 Å². The van der Waals surface area contributed by atoms with Crippen LogP contribution in [0.25, 0.3) is 0 Å². The number of hydrogen-bond acceptors (Lipinski definition) is 4. The molecule has 1 aromatic carbocycles. The van der Waals surface area contributed by atoms with Gasteiger partial charge in [-0.2, -0.15) is 0 Å². The number of nitrogens with one attached hydrogen (secondary N) is 1. The topological polar surface area (TPSA) is 62.3 Å². The molecule has 2 heterocycles. The van der Waals surface area contributed by atoms with Crippen LogP contribution in [0.3, 0.4) is 0 Å². The van der Waals surface area contributed by atoms with Crippen LogP contribution < -0.4 is 10.2 Å². The van der Waals surface area contributed by atoms with Gasteiger partial charge in [0.1, 0.15) is 5.03 Å². The largest absolute Gasteiger partial charge is 0.326 e. The third kappa shape index (κ3) is 2.91. The maximum absolute atomic E-state index is 12.8. The number of benzene rings is 1. The zero-order valence-electron chi connectivity index (χ0n) is 14.0. The molecule has 1 fully saturated rings. The lowest BCUT2D eigenvalue weighted by atomic mass is 9.85. The van der Waals surface area contributed by atoms with E-state index in [4.69, 9.17) is 0 Å². The number of pyridine rings is 1. The molecule has 128 valence electrons. The van der Waals surface area contributed by atoms with Crippen LogP contribution in [-0.2, 0) is 4.79 Å². The molecular weight excluding hydrogens is 334 g/mol. The van der Waals surface area contributed by atoms with Crippen molar-refractivity contribution < 1.29 is 9.59 Å². The average Bonchev–Trinajstić information content (AvgIpc) is 2.67. The number of rotatable bonds is 3. The fourth-order valence-electron chi connectivity index (χ4n) is 3.12. The fraction of sp³-hybridized carbons (Fsp3) is 0.316. The molecule has 1 aliphatic carbocycles. The molecule has 5 nitrogen and oxygen atoms in total. The van der Waals surface area contributed by atoms with Gasteiger partial charge in [0.05, 0.1) is 11.3 Å². The van der Waals surface area contributed by atoms with Crippen molar-refractivity contribution in [1.82, 2.24) is 4.98 Å². The Hall–Kier alpha value is -2.34. The van der Waals surface area contributed by atoms with E-state index >= 15 is 0 Å². The van der Waals surface area contributed by atoms with E-state index in [1.807, 2.05) is 31.2 Å². The van der Waals surface area contributed by atoms with E-state index < -0.39 is 0 Å². The Kier molecular flexibility index (Phi) is 4.21. The van der Waals surface area contributed by atoms with Crippen molar-refractivity contribution in [3.8, 4) is 0 Å². The molecule has 0 bridgehead atoms. The Labute approximate surface area is 150 Å². The van der Waals surface area contributed by atoms with E-state index in [9.17, 15) is 9.59 Å². The molecule has 1 saturated carbocycles. The number of nitrogens with zero attached hydrogens (tertiary/aromatic N) is 2. The summed E-state index contributed by atoms with van der Waals surface area (Å²) in [6, 6.07) is 9.31. The molecule has 1 aromatic heterocycles. The summed E-state index contributed by atoms with van der Waals surface area (Å²) in [7, 11) is 0. The molecule has 2 aromatic rings. The van der Waals surface area contributed by atoms with Crippen molar-refractivity contribution in [2.75, 3.05) is 16.8 Å². The second-order valence-electron chi connectivity index (χ2n) is 6.31. The van der Waals surface area contributed by atoms with Gasteiger partial charge in [-0.1, -0.05) is 18.2 Å². The van der Waals surface area contributed by atoms with E-state index in [-0.39, 0.29) is 17.7 Å². The van der Waals surface area contributed by atoms with Crippen LogP contribution in [0.4, 0.5) is 11.4 Å². The Balaban J connectivity index is 1.70. The molecule has 2 aliphatic rings. The van der Waals surface area contributed by atoms with Crippen LogP contribution in [0, 0.1) is 5.92 Å². The van der Waals surface area contributed by atoms with Gasteiger partial charge in [0.15, 0.2) is 0 Å². The quantitative estimate of drug-likeness (QED) is 0.907. The van der Waals surface area contributed by atoms with E-state index in [1.54, 1.807) is 17.2 Å². The summed E-state index contributed by atoms with van der Waals surface area (Å²) in [4.78, 5) is 32.1. The van der Waals surface area contributed by atoms with Gasteiger partial charge in [-0.05, 0) is 50.1 Å². The van der Waals surface area contributed by atoms with Gasteiger partial charge in [-0.3, -0.25) is 9.59 Å². The van der Waals surface area contributed by atoms with Crippen molar-refractivity contribution in [2.45, 2.75) is 36.1 Å². The Bertz CT molecular complexity index is 848. The van der Waals surface area contributed by atoms with Crippen molar-refractivity contribution >= 4 is 35.0 Å². The number of carbonyl (C=O) groups excluding carboxylic acids is 2. The van der Waals surface area contributed by atoms with Gasteiger partial charge in [0.25, 0.3) is 5.91 Å². The Morgan fingerprint density at radius 1 is 1.36 bits per heavy atom. The number of fused-ring (bicyclic) bond motifs is 2. The van der Waals surface area contributed by atoms with E-state index in [0.29, 0.717) is 17.1 Å². The van der Waals surface area contributed by atoms with Crippen molar-refractivity contribution in [1.29, 1.82) is 0 Å². The van der Waals surface area contributed by atoms with Crippen molar-refractivity contribution in [2.24, 2.45) is 5.92 Å². The minimum Gasteiger partial charge on any atom is -0.326 e. The third-order valence-corrected chi connectivity index (χ3v) is 5.83. The standard InChI is InChI=1S/C19H19N3O2S/c1-2-22-15-9-8-13(21-17(23)12-5-3-6-12)11-16(15)25-18-14(19(22)24)7-4-10-20-18/h4,7-12H,2-3,5-6H2,1H3,(H,21,23). The number of aromatic nitrogens is 1. The van der Waals surface area contributed by atoms with Crippen LogP contribution in [0.2, 0.25) is 0 Å². The lowest BCUT2D eigenvalue weighted by Gasteiger charge is -2.25. The smallest absolute Gasteiger partial charge is 0.261 e. The van der Waals surface area contributed by atoms with Crippen molar-refractivity contribution in [3.63, 3.8) is 0 Å². The Morgan fingerprint density at radius 2 is 2.20 bits per heavy atom. The molecule has 4 rings (SSSR count). The molecule has 0 spiro atoms. The van der Waals surface area contributed by atoms with Crippen LogP contribution in [0.1, 0.15) is 36.5 Å². The van der Waals surface area contributed by atoms with Crippen LogP contribution in [-0.4, -0.2) is 23.3 Å². The predicted molar refractivity (Wildman–Crippen MR) is 98.1 cm³/mol. The van der Waals surface area contributed by atoms with Gasteiger partial charge in [0.2, 0.25) is 5.91 Å². The maximum Gasteiger partial charge on any atom is 0.261 e. The second-order valence-corrected chi connectivity index (χ2v) is 7.34. The molecule has 1 N–H and O–H groups in total. The fourth-order valence-corrected chi connectivity index (χ4v) is 4.18. The van der Waals surface area contributed by atoms with E-state index in [0.717, 1.165) is 35.5 Å². The van der Waals surface area contributed by atoms with Gasteiger partial charge in [-0.25, -0.2) is 4.98 Å². The van der Waals surface area contributed by atoms with Crippen LogP contribution in [0.5, 0.6) is 0 Å². The molecule has 0 unspecified atom stereocenters. The Morgan fingerprint density at radius 3 is 2.92 bits per heavy atom. The second kappa shape index (κ2) is 6.52. The van der Waals surface area contributed by atoms with Gasteiger partial charge >= 0.3 is 0 Å². The third-order valence-electron chi connectivity index (χ3n) is 4.76. The van der Waals surface area contributed by atoms with E-state index in [1.165, 1.54) is 11.8 Å². The monoisotopic (exact) mass is 353 g/mol. The highest BCUT2D eigenvalue weighted by Crippen LogP contribution is 2.41. The predicted octanol–water partition coefficient (Wildman–Crippen LogP) is 3.95. The summed E-state index contributed by atoms with van der Waals surface area (Å²) < 4.78 is 0. The summed E-state index contributed by atoms with van der Waals surface area (Å²) in [5.41, 5.74) is 2.24.